The molecule has 2 rings (SSSR count). The number of rotatable bonds is 5. The Morgan fingerprint density at radius 3 is 2.60 bits per heavy atom. The number of hydrogen-bond acceptors (Lipinski definition) is 5. The Balaban J connectivity index is 2.24. The molecule has 0 aliphatic heterocycles. The van der Waals surface area contributed by atoms with Gasteiger partial charge in [-0.2, -0.15) is 0 Å². The van der Waals surface area contributed by atoms with Gasteiger partial charge in [-0.3, -0.25) is 10.1 Å². The van der Waals surface area contributed by atoms with Crippen LogP contribution in [0.4, 0.5) is 5.69 Å². The fraction of sp³-hybridized carbons (Fsp3) is 0.455. The van der Waals surface area contributed by atoms with Gasteiger partial charge in [0.05, 0.1) is 15.5 Å². The number of nitrogens with zero attached hydrogens (tertiary/aromatic N) is 1. The lowest BCUT2D eigenvalue weighted by Crippen LogP contribution is -2.47. The Kier molecular flexibility index (Phi) is 4.01. The molecule has 20 heavy (non-hydrogen) atoms. The maximum atomic E-state index is 12.1. The van der Waals surface area contributed by atoms with Gasteiger partial charge in [-0.15, -0.1) is 0 Å². The van der Waals surface area contributed by atoms with Gasteiger partial charge in [0, 0.05) is 18.7 Å². The molecule has 0 aromatic heterocycles. The number of non-ortho nitro benzene ring substituents is 1. The zero-order chi connectivity index (χ0) is 15.0. The van der Waals surface area contributed by atoms with Crippen molar-refractivity contribution in [3.63, 3.8) is 0 Å². The Morgan fingerprint density at radius 2 is 2.10 bits per heavy atom. The number of aliphatic hydroxyl groups is 1. The fourth-order valence-electron chi connectivity index (χ4n) is 1.88. The summed E-state index contributed by atoms with van der Waals surface area (Å²) >= 11 is 5.78. The van der Waals surface area contributed by atoms with E-state index in [1.165, 1.54) is 0 Å². The van der Waals surface area contributed by atoms with Crippen molar-refractivity contribution in [2.75, 3.05) is 6.54 Å². The minimum absolute atomic E-state index is 0.108. The zero-order valence-corrected chi connectivity index (χ0v) is 11.9. The molecule has 0 radical (unpaired) electrons. The summed E-state index contributed by atoms with van der Waals surface area (Å²) in [5.74, 6) is 0. The maximum Gasteiger partial charge on any atom is 0.270 e. The minimum atomic E-state index is -4.00. The smallest absolute Gasteiger partial charge is 0.270 e. The molecule has 0 unspecified atom stereocenters. The van der Waals surface area contributed by atoms with Gasteiger partial charge in [0.1, 0.15) is 4.90 Å². The Morgan fingerprint density at radius 1 is 1.45 bits per heavy atom. The minimum Gasteiger partial charge on any atom is -0.389 e. The molecule has 0 bridgehead atoms. The fourth-order valence-corrected chi connectivity index (χ4v) is 3.52. The molecule has 0 saturated heterocycles. The highest BCUT2D eigenvalue weighted by Gasteiger charge is 2.36. The zero-order valence-electron chi connectivity index (χ0n) is 10.4. The van der Waals surface area contributed by atoms with E-state index in [9.17, 15) is 23.6 Å². The molecule has 1 saturated carbocycles. The predicted octanol–water partition coefficient (Wildman–Crippen LogP) is 1.44. The van der Waals surface area contributed by atoms with Gasteiger partial charge < -0.3 is 5.11 Å². The van der Waals surface area contributed by atoms with E-state index in [2.05, 4.69) is 4.72 Å². The van der Waals surface area contributed by atoms with Crippen molar-refractivity contribution in [1.29, 1.82) is 0 Å². The summed E-state index contributed by atoms with van der Waals surface area (Å²) in [6.45, 7) is -0.131. The van der Waals surface area contributed by atoms with Crippen LogP contribution in [-0.4, -0.2) is 30.6 Å². The highest BCUT2D eigenvalue weighted by molar-refractivity contribution is 7.89. The molecule has 1 aliphatic carbocycles. The average molecular weight is 321 g/mol. The van der Waals surface area contributed by atoms with Crippen molar-refractivity contribution in [3.8, 4) is 0 Å². The third-order valence-electron chi connectivity index (χ3n) is 3.29. The lowest BCUT2D eigenvalue weighted by molar-refractivity contribution is -0.385. The largest absolute Gasteiger partial charge is 0.389 e. The summed E-state index contributed by atoms with van der Waals surface area (Å²) in [5, 5.41) is 20.4. The molecule has 0 spiro atoms. The Hall–Kier alpha value is -1.22. The SMILES string of the molecule is O=[N+]([O-])c1ccc(Cl)c(S(=O)(=O)NCC2(O)CCC2)c1. The second kappa shape index (κ2) is 5.28. The van der Waals surface area contributed by atoms with E-state index in [0.29, 0.717) is 12.8 Å². The van der Waals surface area contributed by atoms with Crippen molar-refractivity contribution >= 4 is 27.3 Å². The van der Waals surface area contributed by atoms with Crippen LogP contribution in [0.15, 0.2) is 23.1 Å². The van der Waals surface area contributed by atoms with E-state index in [1.807, 2.05) is 0 Å². The van der Waals surface area contributed by atoms with Gasteiger partial charge in [-0.1, -0.05) is 11.6 Å². The molecule has 7 nitrogen and oxygen atoms in total. The van der Waals surface area contributed by atoms with Gasteiger partial charge in [-0.05, 0) is 25.3 Å². The number of nitro groups is 1. The summed E-state index contributed by atoms with van der Waals surface area (Å²) in [5.41, 5.74) is -1.39. The van der Waals surface area contributed by atoms with E-state index in [4.69, 9.17) is 11.6 Å². The highest BCUT2D eigenvalue weighted by Crippen LogP contribution is 2.32. The first kappa shape index (κ1) is 15.2. The van der Waals surface area contributed by atoms with Crippen LogP contribution in [0.5, 0.6) is 0 Å². The number of sulfonamides is 1. The molecule has 110 valence electrons. The van der Waals surface area contributed by atoms with Gasteiger partial charge in [0.25, 0.3) is 5.69 Å². The van der Waals surface area contributed by atoms with E-state index >= 15 is 0 Å². The van der Waals surface area contributed by atoms with Crippen LogP contribution in [0.2, 0.25) is 5.02 Å². The first-order chi connectivity index (χ1) is 9.23. The molecule has 1 aromatic rings. The summed E-state index contributed by atoms with van der Waals surface area (Å²) in [4.78, 5) is 9.61. The van der Waals surface area contributed by atoms with Crippen LogP contribution in [0.3, 0.4) is 0 Å². The summed E-state index contributed by atoms with van der Waals surface area (Å²) < 4.78 is 26.4. The summed E-state index contributed by atoms with van der Waals surface area (Å²) in [6.07, 6.45) is 1.90. The van der Waals surface area contributed by atoms with Crippen LogP contribution < -0.4 is 4.72 Å². The van der Waals surface area contributed by atoms with Gasteiger partial charge in [-0.25, -0.2) is 13.1 Å². The van der Waals surface area contributed by atoms with E-state index in [1.54, 1.807) is 0 Å². The second-order valence-corrected chi connectivity index (χ2v) is 6.92. The molecule has 9 heteroatoms. The monoisotopic (exact) mass is 320 g/mol. The predicted molar refractivity (Wildman–Crippen MR) is 72.1 cm³/mol. The van der Waals surface area contributed by atoms with Crippen molar-refractivity contribution in [2.24, 2.45) is 0 Å². The van der Waals surface area contributed by atoms with Gasteiger partial charge >= 0.3 is 0 Å². The van der Waals surface area contributed by atoms with Crippen LogP contribution in [0.25, 0.3) is 0 Å². The second-order valence-electron chi connectivity index (χ2n) is 4.77. The molecular formula is C11H13ClN2O5S. The van der Waals surface area contributed by atoms with Crippen molar-refractivity contribution in [1.82, 2.24) is 4.72 Å². The average Bonchev–Trinajstić information content (AvgIpc) is 2.34. The van der Waals surface area contributed by atoms with Crippen LogP contribution in [0, 0.1) is 10.1 Å². The molecule has 2 N–H and O–H groups in total. The van der Waals surface area contributed by atoms with Gasteiger partial charge in [0.2, 0.25) is 10.0 Å². The first-order valence-corrected chi connectivity index (χ1v) is 7.76. The van der Waals surface area contributed by atoms with E-state index in [-0.39, 0.29) is 22.2 Å². The Labute approximate surface area is 120 Å². The van der Waals surface area contributed by atoms with Crippen LogP contribution in [-0.2, 0) is 10.0 Å². The van der Waals surface area contributed by atoms with Crippen molar-refractivity contribution in [2.45, 2.75) is 29.8 Å². The molecule has 0 atom stereocenters. The third-order valence-corrected chi connectivity index (χ3v) is 5.17. The molecule has 1 fully saturated rings. The molecule has 1 aliphatic rings. The van der Waals surface area contributed by atoms with E-state index in [0.717, 1.165) is 24.6 Å². The van der Waals surface area contributed by atoms with Crippen LogP contribution in [0.1, 0.15) is 19.3 Å². The van der Waals surface area contributed by atoms with Crippen LogP contribution >= 0.6 is 11.6 Å². The lowest BCUT2D eigenvalue weighted by Gasteiger charge is -2.36. The first-order valence-electron chi connectivity index (χ1n) is 5.90. The molecular weight excluding hydrogens is 308 g/mol. The van der Waals surface area contributed by atoms with E-state index < -0.39 is 20.5 Å². The number of nitrogens with one attached hydrogen (secondary N) is 1. The molecule has 1 aromatic carbocycles. The standard InChI is InChI=1S/C11H13ClN2O5S/c12-9-3-2-8(14(16)17)6-10(9)20(18,19)13-7-11(15)4-1-5-11/h2-3,6,13,15H,1,4-5,7H2. The van der Waals surface area contributed by atoms with Crippen molar-refractivity contribution in [3.05, 3.63) is 33.3 Å². The quantitative estimate of drug-likeness (QED) is 0.630. The number of benzene rings is 1. The normalized spacial score (nSPS) is 17.5. The summed E-state index contributed by atoms with van der Waals surface area (Å²) in [6, 6.07) is 3.18. The maximum absolute atomic E-state index is 12.1. The molecule has 0 heterocycles. The highest BCUT2D eigenvalue weighted by atomic mass is 35.5. The topological polar surface area (TPSA) is 110 Å². The lowest BCUT2D eigenvalue weighted by atomic mass is 9.81. The number of nitro benzene ring substituents is 1. The summed E-state index contributed by atoms with van der Waals surface area (Å²) in [7, 11) is -4.00. The Bertz CT molecular complexity index is 642. The van der Waals surface area contributed by atoms with Gasteiger partial charge in [0.15, 0.2) is 0 Å². The third kappa shape index (κ3) is 3.09. The number of halogens is 1. The van der Waals surface area contributed by atoms with Crippen molar-refractivity contribution < 1.29 is 18.4 Å². The number of hydrogen-bond donors (Lipinski definition) is 2. The molecule has 0 amide bonds.